The molecule has 0 unspecified atom stereocenters. The molecule has 0 bridgehead atoms. The van der Waals surface area contributed by atoms with E-state index >= 15 is 0 Å². The van der Waals surface area contributed by atoms with Gasteiger partial charge < -0.3 is 0 Å². The molecule has 0 saturated heterocycles. The van der Waals surface area contributed by atoms with Crippen molar-refractivity contribution in [1.82, 2.24) is 4.98 Å². The number of amides is 1. The molecule has 3 rings (SSSR count). The highest BCUT2D eigenvalue weighted by atomic mass is 35.5. The number of benzene rings is 1. The molecule has 126 valence electrons. The first-order chi connectivity index (χ1) is 12.0. The summed E-state index contributed by atoms with van der Waals surface area (Å²) in [5, 5.41) is 15.8. The smallest absolute Gasteiger partial charge is 0.269 e. The quantitative estimate of drug-likeness (QED) is 0.379. The van der Waals surface area contributed by atoms with Gasteiger partial charge in [0.25, 0.3) is 11.6 Å². The van der Waals surface area contributed by atoms with E-state index in [1.165, 1.54) is 29.7 Å². The van der Waals surface area contributed by atoms with Crippen molar-refractivity contribution in [1.29, 1.82) is 0 Å². The van der Waals surface area contributed by atoms with Gasteiger partial charge in [-0.1, -0.05) is 29.0 Å². The third-order valence-electron chi connectivity index (χ3n) is 3.16. The Kier molecular flexibility index (Phi) is 5.22. The summed E-state index contributed by atoms with van der Waals surface area (Å²) in [6.45, 7) is 0. The van der Waals surface area contributed by atoms with E-state index in [1.807, 2.05) is 17.5 Å². The topological polar surface area (TPSA) is 85.1 Å². The molecule has 0 aliphatic rings. The van der Waals surface area contributed by atoms with Crippen LogP contribution in [0.4, 0.5) is 10.8 Å². The molecule has 25 heavy (non-hydrogen) atoms. The molecular weight excluding hydrogens is 382 g/mol. The average molecular weight is 392 g/mol. The maximum absolute atomic E-state index is 12.7. The van der Waals surface area contributed by atoms with Gasteiger partial charge in [-0.25, -0.2) is 4.98 Å². The molecule has 2 aromatic heterocycles. The van der Waals surface area contributed by atoms with Gasteiger partial charge in [-0.2, -0.15) is 0 Å². The minimum atomic E-state index is -0.482. The van der Waals surface area contributed by atoms with E-state index in [0.717, 1.165) is 16.2 Å². The van der Waals surface area contributed by atoms with Crippen molar-refractivity contribution in [3.63, 3.8) is 0 Å². The summed E-state index contributed by atoms with van der Waals surface area (Å²) in [7, 11) is 0. The van der Waals surface area contributed by atoms with Crippen LogP contribution in [0.5, 0.6) is 0 Å². The molecule has 1 amide bonds. The van der Waals surface area contributed by atoms with Gasteiger partial charge >= 0.3 is 0 Å². The van der Waals surface area contributed by atoms with E-state index in [4.69, 9.17) is 11.6 Å². The standard InChI is InChI=1S/C16H10ClN3O3S2/c17-14-9-18-16(25-14)19-15(21)13(8-12-2-1-7-24-12)10-3-5-11(6-4-10)20(22)23/h1-9H,(H,18,19,21)/b13-8+. The molecule has 9 heteroatoms. The number of hydrogen-bond donors (Lipinski definition) is 1. The second kappa shape index (κ2) is 7.56. The number of carbonyl (C=O) groups is 1. The van der Waals surface area contributed by atoms with Crippen LogP contribution in [-0.4, -0.2) is 15.8 Å². The highest BCUT2D eigenvalue weighted by molar-refractivity contribution is 7.19. The molecular formula is C16H10ClN3O3S2. The number of nitro benzene ring substituents is 1. The molecule has 0 spiro atoms. The fraction of sp³-hybridized carbons (Fsp3) is 0. The molecule has 0 saturated carbocycles. The number of halogens is 1. The Morgan fingerprint density at radius 2 is 2.04 bits per heavy atom. The molecule has 0 atom stereocenters. The molecule has 6 nitrogen and oxygen atoms in total. The predicted octanol–water partition coefficient (Wildman–Crippen LogP) is 4.95. The number of carbonyl (C=O) groups excluding carboxylic acids is 1. The molecule has 0 aliphatic carbocycles. The number of non-ortho nitro benzene ring substituents is 1. The van der Waals surface area contributed by atoms with Crippen LogP contribution in [0.1, 0.15) is 10.4 Å². The number of thiazole rings is 1. The Morgan fingerprint density at radius 1 is 1.28 bits per heavy atom. The Morgan fingerprint density at radius 3 is 2.60 bits per heavy atom. The van der Waals surface area contributed by atoms with Gasteiger partial charge in [0.15, 0.2) is 5.13 Å². The number of thiophene rings is 1. The Labute approximate surface area is 155 Å². The highest BCUT2D eigenvalue weighted by Crippen LogP contribution is 2.27. The van der Waals surface area contributed by atoms with Crippen LogP contribution in [0, 0.1) is 10.1 Å². The van der Waals surface area contributed by atoms with E-state index in [-0.39, 0.29) is 11.6 Å². The first kappa shape index (κ1) is 17.3. The van der Waals surface area contributed by atoms with E-state index < -0.39 is 4.92 Å². The second-order valence-corrected chi connectivity index (χ2v) is 7.44. The lowest BCUT2D eigenvalue weighted by molar-refractivity contribution is -0.384. The number of hydrogen-bond acceptors (Lipinski definition) is 6. The number of rotatable bonds is 5. The molecule has 1 aromatic carbocycles. The van der Waals surface area contributed by atoms with Gasteiger partial charge in [0.05, 0.1) is 11.1 Å². The summed E-state index contributed by atoms with van der Waals surface area (Å²) in [5.41, 5.74) is 0.911. The van der Waals surface area contributed by atoms with Crippen LogP contribution in [0.3, 0.4) is 0 Å². The number of nitro groups is 1. The van der Waals surface area contributed by atoms with Crippen LogP contribution in [0.25, 0.3) is 11.6 Å². The summed E-state index contributed by atoms with van der Waals surface area (Å²) < 4.78 is 0.467. The van der Waals surface area contributed by atoms with Crippen molar-refractivity contribution >= 4 is 62.6 Å². The number of aromatic nitrogens is 1. The summed E-state index contributed by atoms with van der Waals surface area (Å²) >= 11 is 8.47. The maximum atomic E-state index is 12.7. The first-order valence-electron chi connectivity index (χ1n) is 6.95. The van der Waals surface area contributed by atoms with Crippen molar-refractivity contribution in [2.24, 2.45) is 0 Å². The monoisotopic (exact) mass is 391 g/mol. The zero-order valence-corrected chi connectivity index (χ0v) is 14.9. The van der Waals surface area contributed by atoms with Gasteiger partial charge in [-0.05, 0) is 35.2 Å². The summed E-state index contributed by atoms with van der Waals surface area (Å²) in [5.74, 6) is -0.367. The van der Waals surface area contributed by atoms with Crippen molar-refractivity contribution < 1.29 is 9.72 Å². The van der Waals surface area contributed by atoms with Crippen LogP contribution in [0.2, 0.25) is 4.34 Å². The minimum Gasteiger partial charge on any atom is -0.298 e. The fourth-order valence-electron chi connectivity index (χ4n) is 2.04. The Balaban J connectivity index is 1.94. The maximum Gasteiger partial charge on any atom is 0.269 e. The minimum absolute atomic E-state index is 0.0358. The van der Waals surface area contributed by atoms with E-state index in [1.54, 1.807) is 18.2 Å². The lowest BCUT2D eigenvalue weighted by atomic mass is 10.0. The summed E-state index contributed by atoms with van der Waals surface area (Å²) in [6, 6.07) is 9.58. The van der Waals surface area contributed by atoms with Crippen LogP contribution in [-0.2, 0) is 4.79 Å². The number of anilines is 1. The van der Waals surface area contributed by atoms with Gasteiger partial charge in [0.1, 0.15) is 4.34 Å². The van der Waals surface area contributed by atoms with Gasteiger partial charge in [0.2, 0.25) is 0 Å². The molecule has 0 aliphatic heterocycles. The third kappa shape index (κ3) is 4.30. The summed E-state index contributed by atoms with van der Waals surface area (Å²) in [4.78, 5) is 27.9. The predicted molar refractivity (Wildman–Crippen MR) is 101 cm³/mol. The van der Waals surface area contributed by atoms with Gasteiger partial charge in [-0.3, -0.25) is 20.2 Å². The average Bonchev–Trinajstić information content (AvgIpc) is 3.24. The van der Waals surface area contributed by atoms with E-state index in [2.05, 4.69) is 10.3 Å². The molecule has 0 radical (unpaired) electrons. The molecule has 0 fully saturated rings. The number of nitrogens with zero attached hydrogens (tertiary/aromatic N) is 2. The van der Waals surface area contributed by atoms with Crippen molar-refractivity contribution in [3.8, 4) is 0 Å². The largest absolute Gasteiger partial charge is 0.298 e. The van der Waals surface area contributed by atoms with E-state index in [0.29, 0.717) is 20.6 Å². The zero-order chi connectivity index (χ0) is 17.8. The van der Waals surface area contributed by atoms with Gasteiger partial charge in [-0.15, -0.1) is 11.3 Å². The van der Waals surface area contributed by atoms with Gasteiger partial charge in [0, 0.05) is 22.6 Å². The SMILES string of the molecule is O=C(Nc1ncc(Cl)s1)/C(=C/c1cccs1)c1ccc([N+](=O)[O-])cc1. The number of nitrogens with one attached hydrogen (secondary N) is 1. The van der Waals surface area contributed by atoms with E-state index in [9.17, 15) is 14.9 Å². The van der Waals surface area contributed by atoms with Crippen LogP contribution < -0.4 is 5.32 Å². The van der Waals surface area contributed by atoms with Crippen molar-refractivity contribution in [2.75, 3.05) is 5.32 Å². The lowest BCUT2D eigenvalue weighted by Crippen LogP contribution is -2.13. The fourth-order valence-corrected chi connectivity index (χ4v) is 3.50. The van der Waals surface area contributed by atoms with Crippen molar-refractivity contribution in [3.05, 3.63) is 72.9 Å². The summed E-state index contributed by atoms with van der Waals surface area (Å²) in [6.07, 6.45) is 3.19. The van der Waals surface area contributed by atoms with Crippen LogP contribution >= 0.6 is 34.3 Å². The lowest BCUT2D eigenvalue weighted by Gasteiger charge is -2.07. The normalized spacial score (nSPS) is 11.3. The van der Waals surface area contributed by atoms with Crippen molar-refractivity contribution in [2.45, 2.75) is 0 Å². The molecule has 3 aromatic rings. The van der Waals surface area contributed by atoms with Crippen LogP contribution in [0.15, 0.2) is 48.0 Å². The Bertz CT molecular complexity index is 934. The third-order valence-corrected chi connectivity index (χ3v) is 5.01. The Hall–Kier alpha value is -2.55. The second-order valence-electron chi connectivity index (χ2n) is 4.80. The molecule has 1 N–H and O–H groups in total. The molecule has 2 heterocycles. The first-order valence-corrected chi connectivity index (χ1v) is 9.03. The zero-order valence-electron chi connectivity index (χ0n) is 12.5. The highest BCUT2D eigenvalue weighted by Gasteiger charge is 2.16.